The van der Waals surface area contributed by atoms with Gasteiger partial charge in [-0.2, -0.15) is 23.3 Å². The number of aryl methyl sites for hydroxylation is 1. The molecule has 0 amide bonds. The summed E-state index contributed by atoms with van der Waals surface area (Å²) < 4.78 is 40.8. The van der Waals surface area contributed by atoms with Crippen LogP contribution < -0.4 is 5.32 Å². The number of hydrogen-bond acceptors (Lipinski definition) is 3. The molecule has 1 atom stereocenters. The first-order chi connectivity index (χ1) is 12.4. The number of hydrogen-bond donors (Lipinski definition) is 1. The average Bonchev–Trinajstić information content (AvgIpc) is 3.09. The van der Waals surface area contributed by atoms with Crippen molar-refractivity contribution in [2.75, 3.05) is 5.32 Å². The molecule has 1 aliphatic heterocycles. The van der Waals surface area contributed by atoms with Crippen LogP contribution in [0, 0.1) is 6.92 Å². The third-order valence-corrected chi connectivity index (χ3v) is 4.33. The molecule has 0 saturated carbocycles. The van der Waals surface area contributed by atoms with Crippen LogP contribution in [0.15, 0.2) is 60.9 Å². The minimum Gasteiger partial charge on any atom is -0.324 e. The molecule has 0 fully saturated rings. The van der Waals surface area contributed by atoms with Crippen molar-refractivity contribution in [1.82, 2.24) is 14.8 Å². The molecular weight excluding hydrogens is 341 g/mol. The summed E-state index contributed by atoms with van der Waals surface area (Å²) in [7, 11) is 0. The second-order valence-corrected chi connectivity index (χ2v) is 6.17. The zero-order chi connectivity index (χ0) is 18.3. The first-order valence-corrected chi connectivity index (χ1v) is 8.04. The predicted octanol–water partition coefficient (Wildman–Crippen LogP) is 4.66. The molecule has 1 aliphatic rings. The third kappa shape index (κ3) is 2.96. The van der Waals surface area contributed by atoms with E-state index < -0.39 is 17.8 Å². The van der Waals surface area contributed by atoms with E-state index in [1.165, 1.54) is 12.4 Å². The number of benzene rings is 2. The van der Waals surface area contributed by atoms with E-state index in [1.54, 1.807) is 10.7 Å². The number of allylic oxidation sites excluding steroid dienone is 1. The average molecular weight is 356 g/mol. The van der Waals surface area contributed by atoms with Crippen LogP contribution in [0.1, 0.15) is 28.3 Å². The summed E-state index contributed by atoms with van der Waals surface area (Å²) in [5.74, 6) is 0.491. The second-order valence-electron chi connectivity index (χ2n) is 6.17. The molecule has 1 aromatic heterocycles. The fraction of sp³-hybridized carbons (Fsp3) is 0.158. The van der Waals surface area contributed by atoms with E-state index in [0.717, 1.165) is 29.0 Å². The molecule has 132 valence electrons. The van der Waals surface area contributed by atoms with Gasteiger partial charge in [-0.25, -0.2) is 4.68 Å². The van der Waals surface area contributed by atoms with E-state index >= 15 is 0 Å². The van der Waals surface area contributed by atoms with Crippen molar-refractivity contribution < 1.29 is 13.2 Å². The van der Waals surface area contributed by atoms with Gasteiger partial charge in [-0.3, -0.25) is 0 Å². The molecule has 0 aliphatic carbocycles. The zero-order valence-corrected chi connectivity index (χ0v) is 13.8. The molecule has 4 rings (SSSR count). The Hall–Kier alpha value is -3.09. The van der Waals surface area contributed by atoms with Gasteiger partial charge in [-0.15, -0.1) is 0 Å². The van der Waals surface area contributed by atoms with Gasteiger partial charge >= 0.3 is 6.18 Å². The molecule has 26 heavy (non-hydrogen) atoms. The van der Waals surface area contributed by atoms with Gasteiger partial charge in [0.2, 0.25) is 5.95 Å². The van der Waals surface area contributed by atoms with E-state index in [1.807, 2.05) is 37.3 Å². The highest BCUT2D eigenvalue weighted by atomic mass is 19.4. The van der Waals surface area contributed by atoms with Crippen LogP contribution in [-0.2, 0) is 6.18 Å². The normalized spacial score (nSPS) is 16.6. The van der Waals surface area contributed by atoms with Crippen LogP contribution >= 0.6 is 0 Å². The number of fused-ring (bicyclic) bond motifs is 1. The molecule has 0 spiro atoms. The van der Waals surface area contributed by atoms with Crippen LogP contribution in [-0.4, -0.2) is 14.8 Å². The number of anilines is 1. The number of alkyl halides is 3. The molecular formula is C19H15F3N4. The molecule has 3 aromatic rings. The van der Waals surface area contributed by atoms with Crippen molar-refractivity contribution in [2.24, 2.45) is 0 Å². The summed E-state index contributed by atoms with van der Waals surface area (Å²) in [5.41, 5.74) is 2.66. The Bertz CT molecular complexity index is 971. The van der Waals surface area contributed by atoms with Crippen molar-refractivity contribution in [3.8, 4) is 0 Å². The molecule has 0 unspecified atom stereocenters. The summed E-state index contributed by atoms with van der Waals surface area (Å²) >= 11 is 0. The van der Waals surface area contributed by atoms with Crippen molar-refractivity contribution in [1.29, 1.82) is 0 Å². The topological polar surface area (TPSA) is 42.7 Å². The van der Waals surface area contributed by atoms with Crippen molar-refractivity contribution in [2.45, 2.75) is 19.1 Å². The lowest BCUT2D eigenvalue weighted by Crippen LogP contribution is -2.20. The predicted molar refractivity (Wildman–Crippen MR) is 92.4 cm³/mol. The van der Waals surface area contributed by atoms with Gasteiger partial charge in [-0.1, -0.05) is 42.0 Å². The van der Waals surface area contributed by atoms with Gasteiger partial charge in [0.05, 0.1) is 5.56 Å². The minimum atomic E-state index is -4.39. The Labute approximate surface area is 148 Å². The minimum absolute atomic E-state index is 0.479. The zero-order valence-electron chi connectivity index (χ0n) is 13.8. The van der Waals surface area contributed by atoms with Gasteiger partial charge in [0, 0.05) is 5.70 Å². The summed E-state index contributed by atoms with van der Waals surface area (Å²) in [6.07, 6.45) is -1.14. The van der Waals surface area contributed by atoms with Crippen LogP contribution in [0.3, 0.4) is 0 Å². The van der Waals surface area contributed by atoms with Crippen molar-refractivity contribution >= 4 is 11.6 Å². The highest BCUT2D eigenvalue weighted by Gasteiger charge is 2.32. The van der Waals surface area contributed by atoms with E-state index in [0.29, 0.717) is 11.5 Å². The van der Waals surface area contributed by atoms with Gasteiger partial charge < -0.3 is 5.32 Å². The maximum absolute atomic E-state index is 13.1. The van der Waals surface area contributed by atoms with Gasteiger partial charge in [0.1, 0.15) is 12.4 Å². The van der Waals surface area contributed by atoms with E-state index in [9.17, 15) is 13.2 Å². The van der Waals surface area contributed by atoms with E-state index in [4.69, 9.17) is 0 Å². The lowest BCUT2D eigenvalue weighted by Gasteiger charge is -2.25. The van der Waals surface area contributed by atoms with Crippen molar-refractivity contribution in [3.63, 3.8) is 0 Å². The fourth-order valence-corrected chi connectivity index (χ4v) is 2.97. The number of aromatic nitrogens is 3. The summed E-state index contributed by atoms with van der Waals surface area (Å²) in [6.45, 7) is 1.99. The monoisotopic (exact) mass is 356 g/mol. The van der Waals surface area contributed by atoms with Crippen molar-refractivity contribution in [3.05, 3.63) is 83.2 Å². The van der Waals surface area contributed by atoms with Crippen LogP contribution in [0.2, 0.25) is 0 Å². The maximum atomic E-state index is 13.1. The summed E-state index contributed by atoms with van der Waals surface area (Å²) in [4.78, 5) is 4.17. The Morgan fingerprint density at radius 1 is 1.08 bits per heavy atom. The maximum Gasteiger partial charge on any atom is 0.416 e. The van der Waals surface area contributed by atoms with Crippen LogP contribution in [0.5, 0.6) is 0 Å². The number of rotatable bonds is 2. The van der Waals surface area contributed by atoms with Crippen LogP contribution in [0.25, 0.3) is 5.70 Å². The SMILES string of the molecule is Cc1ccc(C2=C[C@H](c3cccc(C(F)(F)F)c3)n3ncnc3N2)cc1. The van der Waals surface area contributed by atoms with Gasteiger partial charge in [0.25, 0.3) is 0 Å². The largest absolute Gasteiger partial charge is 0.416 e. The summed E-state index contributed by atoms with van der Waals surface area (Å²) in [5, 5.41) is 7.35. The standard InChI is InChI=1S/C19H15F3N4/c1-12-5-7-13(8-6-12)16-10-17(26-18(25-16)23-11-24-26)14-3-2-4-15(9-14)19(20,21)22/h2-11,17H,1H3,(H,23,24,25)/t17-/m1/s1. The number of nitrogens with zero attached hydrogens (tertiary/aromatic N) is 3. The summed E-state index contributed by atoms with van der Waals surface area (Å²) in [6, 6.07) is 12.7. The van der Waals surface area contributed by atoms with E-state index in [2.05, 4.69) is 15.4 Å². The molecule has 2 heterocycles. The lowest BCUT2D eigenvalue weighted by molar-refractivity contribution is -0.137. The fourth-order valence-electron chi connectivity index (χ4n) is 2.97. The van der Waals surface area contributed by atoms with Crippen LogP contribution in [0.4, 0.5) is 19.1 Å². The molecule has 4 nitrogen and oxygen atoms in total. The molecule has 0 saturated heterocycles. The first-order valence-electron chi connectivity index (χ1n) is 8.04. The highest BCUT2D eigenvalue weighted by Crippen LogP contribution is 2.35. The Kier molecular flexibility index (Phi) is 3.79. The number of nitrogens with one attached hydrogen (secondary N) is 1. The molecule has 0 bridgehead atoms. The Morgan fingerprint density at radius 3 is 2.58 bits per heavy atom. The van der Waals surface area contributed by atoms with Gasteiger partial charge in [0.15, 0.2) is 0 Å². The molecule has 2 aromatic carbocycles. The highest BCUT2D eigenvalue weighted by molar-refractivity contribution is 5.77. The van der Waals surface area contributed by atoms with Gasteiger partial charge in [-0.05, 0) is 36.3 Å². The first kappa shape index (κ1) is 16.4. The molecule has 1 N–H and O–H groups in total. The second kappa shape index (κ2) is 6.01. The molecule has 0 radical (unpaired) electrons. The number of halogens is 3. The third-order valence-electron chi connectivity index (χ3n) is 4.33. The lowest BCUT2D eigenvalue weighted by atomic mass is 9.99. The molecule has 7 heteroatoms. The smallest absolute Gasteiger partial charge is 0.324 e. The Morgan fingerprint density at radius 2 is 1.85 bits per heavy atom. The Balaban J connectivity index is 1.80. The van der Waals surface area contributed by atoms with E-state index in [-0.39, 0.29) is 0 Å². The quantitative estimate of drug-likeness (QED) is 0.726.